The smallest absolute Gasteiger partial charge is 0.223 e. The molecule has 2 heterocycles. The fraction of sp³-hybridized carbons (Fsp3) is 0.588. The number of piperidine rings is 1. The van der Waals surface area contributed by atoms with Gasteiger partial charge >= 0.3 is 0 Å². The van der Waals surface area contributed by atoms with Crippen molar-refractivity contribution in [3.8, 4) is 11.5 Å². The Kier molecular flexibility index (Phi) is 4.69. The summed E-state index contributed by atoms with van der Waals surface area (Å²) in [5.74, 6) is 1.99. The van der Waals surface area contributed by atoms with Crippen LogP contribution < -0.4 is 20.1 Å². The molecule has 126 valence electrons. The van der Waals surface area contributed by atoms with E-state index in [1.165, 1.54) is 0 Å². The molecule has 1 spiro atoms. The minimum atomic E-state index is 0. The van der Waals surface area contributed by atoms with E-state index in [4.69, 9.17) is 9.47 Å². The summed E-state index contributed by atoms with van der Waals surface area (Å²) in [5.41, 5.74) is 1.35. The Morgan fingerprint density at radius 1 is 1.22 bits per heavy atom. The van der Waals surface area contributed by atoms with E-state index in [0.717, 1.165) is 49.4 Å². The van der Waals surface area contributed by atoms with E-state index in [9.17, 15) is 4.79 Å². The Morgan fingerprint density at radius 2 is 1.96 bits per heavy atom. The molecule has 2 aliphatic heterocycles. The predicted molar refractivity (Wildman–Crippen MR) is 89.2 cm³/mol. The molecule has 3 aliphatic rings. The number of hydrogen-bond acceptors (Lipinski definition) is 4. The second-order valence-electron chi connectivity index (χ2n) is 6.56. The van der Waals surface area contributed by atoms with Gasteiger partial charge in [0.1, 0.15) is 13.2 Å². The molecule has 1 unspecified atom stereocenters. The summed E-state index contributed by atoms with van der Waals surface area (Å²) in [7, 11) is 0. The largest absolute Gasteiger partial charge is 0.486 e. The molecule has 2 N–H and O–H groups in total. The first-order valence-electron chi connectivity index (χ1n) is 8.14. The van der Waals surface area contributed by atoms with Crippen LogP contribution in [0.25, 0.3) is 0 Å². The van der Waals surface area contributed by atoms with Crippen molar-refractivity contribution in [3.05, 3.63) is 23.8 Å². The van der Waals surface area contributed by atoms with Crippen LogP contribution in [0.4, 0.5) is 0 Å². The zero-order valence-corrected chi connectivity index (χ0v) is 13.9. The van der Waals surface area contributed by atoms with Crippen LogP contribution in [0.3, 0.4) is 0 Å². The highest BCUT2D eigenvalue weighted by molar-refractivity contribution is 5.85. The lowest BCUT2D eigenvalue weighted by atomic mass is 9.92. The highest BCUT2D eigenvalue weighted by Crippen LogP contribution is 2.58. The van der Waals surface area contributed by atoms with Gasteiger partial charge in [-0.1, -0.05) is 6.07 Å². The van der Waals surface area contributed by atoms with Crippen LogP contribution in [0.5, 0.6) is 11.5 Å². The summed E-state index contributed by atoms with van der Waals surface area (Å²) in [6, 6.07) is 5.87. The number of carbonyl (C=O) groups is 1. The molecule has 1 saturated carbocycles. The Labute approximate surface area is 142 Å². The number of rotatable bonds is 3. The topological polar surface area (TPSA) is 59.6 Å². The van der Waals surface area contributed by atoms with E-state index in [-0.39, 0.29) is 24.2 Å². The molecule has 1 atom stereocenters. The number of amides is 1. The first kappa shape index (κ1) is 16.4. The molecule has 1 amide bonds. The van der Waals surface area contributed by atoms with Crippen LogP contribution >= 0.6 is 12.4 Å². The third-order valence-electron chi connectivity index (χ3n) is 5.18. The molecule has 2 fully saturated rings. The van der Waals surface area contributed by atoms with Gasteiger partial charge in [0.25, 0.3) is 0 Å². The lowest BCUT2D eigenvalue weighted by Crippen LogP contribution is -2.33. The lowest BCUT2D eigenvalue weighted by molar-refractivity contribution is -0.123. The van der Waals surface area contributed by atoms with Gasteiger partial charge in [-0.3, -0.25) is 4.79 Å². The number of fused-ring (bicyclic) bond motifs is 1. The first-order valence-corrected chi connectivity index (χ1v) is 8.14. The van der Waals surface area contributed by atoms with Crippen molar-refractivity contribution in [1.29, 1.82) is 0 Å². The molecule has 1 aromatic rings. The van der Waals surface area contributed by atoms with Crippen LogP contribution in [-0.4, -0.2) is 32.2 Å². The average molecular weight is 339 g/mol. The van der Waals surface area contributed by atoms with E-state index in [0.29, 0.717) is 25.2 Å². The quantitative estimate of drug-likeness (QED) is 0.883. The maximum atomic E-state index is 12.4. The highest BCUT2D eigenvalue weighted by Gasteiger charge is 2.57. The summed E-state index contributed by atoms with van der Waals surface area (Å²) in [6.45, 7) is 3.83. The monoisotopic (exact) mass is 338 g/mol. The Hall–Kier alpha value is -1.46. The zero-order chi connectivity index (χ0) is 15.0. The SMILES string of the molecule is Cl.O=C(NCc1ccc2c(c1)OCCO2)C1CC12CCNCC2. The number of nitrogens with one attached hydrogen (secondary N) is 2. The second-order valence-corrected chi connectivity index (χ2v) is 6.56. The Bertz CT molecular complexity index is 587. The molecular formula is C17H23ClN2O3. The zero-order valence-electron chi connectivity index (χ0n) is 13.1. The van der Waals surface area contributed by atoms with Gasteiger partial charge < -0.3 is 20.1 Å². The van der Waals surface area contributed by atoms with Crippen LogP contribution in [0.15, 0.2) is 18.2 Å². The molecule has 4 rings (SSSR count). The summed E-state index contributed by atoms with van der Waals surface area (Å²) in [6.07, 6.45) is 3.33. The van der Waals surface area contributed by atoms with Crippen molar-refractivity contribution in [2.45, 2.75) is 25.8 Å². The van der Waals surface area contributed by atoms with Crippen LogP contribution in [-0.2, 0) is 11.3 Å². The van der Waals surface area contributed by atoms with Gasteiger partial charge in [-0.05, 0) is 55.5 Å². The van der Waals surface area contributed by atoms with Crippen molar-refractivity contribution in [1.82, 2.24) is 10.6 Å². The Balaban J connectivity index is 0.00000156. The van der Waals surface area contributed by atoms with Gasteiger partial charge in [-0.25, -0.2) is 0 Å². The number of ether oxygens (including phenoxy) is 2. The van der Waals surface area contributed by atoms with Crippen molar-refractivity contribution < 1.29 is 14.3 Å². The molecule has 0 radical (unpaired) electrons. The lowest BCUT2D eigenvalue weighted by Gasteiger charge is -2.23. The third kappa shape index (κ3) is 3.26. The molecule has 1 aromatic carbocycles. The van der Waals surface area contributed by atoms with Crippen molar-refractivity contribution in [2.75, 3.05) is 26.3 Å². The second kappa shape index (κ2) is 6.57. The third-order valence-corrected chi connectivity index (χ3v) is 5.18. The highest BCUT2D eigenvalue weighted by atomic mass is 35.5. The normalized spacial score (nSPS) is 23.7. The van der Waals surface area contributed by atoms with Crippen LogP contribution in [0.1, 0.15) is 24.8 Å². The van der Waals surface area contributed by atoms with Crippen LogP contribution in [0, 0.1) is 11.3 Å². The number of hydrogen-bond donors (Lipinski definition) is 2. The van der Waals surface area contributed by atoms with Crippen molar-refractivity contribution in [3.63, 3.8) is 0 Å². The maximum Gasteiger partial charge on any atom is 0.223 e. The molecule has 1 aliphatic carbocycles. The van der Waals surface area contributed by atoms with E-state index in [2.05, 4.69) is 10.6 Å². The molecular weight excluding hydrogens is 316 g/mol. The predicted octanol–water partition coefficient (Wildman–Crippen LogP) is 1.89. The minimum absolute atomic E-state index is 0. The fourth-order valence-electron chi connectivity index (χ4n) is 3.71. The summed E-state index contributed by atoms with van der Waals surface area (Å²) in [5, 5.41) is 6.45. The molecule has 5 nitrogen and oxygen atoms in total. The van der Waals surface area contributed by atoms with Gasteiger partial charge in [0.05, 0.1) is 0 Å². The van der Waals surface area contributed by atoms with Crippen LogP contribution in [0.2, 0.25) is 0 Å². The summed E-state index contributed by atoms with van der Waals surface area (Å²) >= 11 is 0. The minimum Gasteiger partial charge on any atom is -0.486 e. The molecule has 23 heavy (non-hydrogen) atoms. The number of benzene rings is 1. The number of halogens is 1. The number of carbonyl (C=O) groups excluding carboxylic acids is 1. The van der Waals surface area contributed by atoms with Crippen molar-refractivity contribution >= 4 is 18.3 Å². The van der Waals surface area contributed by atoms with E-state index >= 15 is 0 Å². The first-order chi connectivity index (χ1) is 10.8. The Morgan fingerprint density at radius 3 is 2.74 bits per heavy atom. The molecule has 6 heteroatoms. The van der Waals surface area contributed by atoms with Gasteiger partial charge in [0.2, 0.25) is 5.91 Å². The van der Waals surface area contributed by atoms with E-state index in [1.54, 1.807) is 0 Å². The van der Waals surface area contributed by atoms with E-state index < -0.39 is 0 Å². The standard InChI is InChI=1S/C17H22N2O3.ClH/c20-16(13-10-17(13)3-5-18-6-4-17)19-11-12-1-2-14-15(9-12)22-8-7-21-14;/h1-2,9,13,18H,3-8,10-11H2,(H,19,20);1H. The van der Waals surface area contributed by atoms with Gasteiger partial charge in [-0.2, -0.15) is 0 Å². The maximum absolute atomic E-state index is 12.4. The van der Waals surface area contributed by atoms with Crippen molar-refractivity contribution in [2.24, 2.45) is 11.3 Å². The van der Waals surface area contributed by atoms with Gasteiger partial charge in [-0.15, -0.1) is 12.4 Å². The molecule has 0 bridgehead atoms. The molecule has 0 aromatic heterocycles. The van der Waals surface area contributed by atoms with Gasteiger partial charge in [0.15, 0.2) is 11.5 Å². The molecule has 1 saturated heterocycles. The van der Waals surface area contributed by atoms with Gasteiger partial charge in [0, 0.05) is 12.5 Å². The van der Waals surface area contributed by atoms with E-state index in [1.807, 2.05) is 18.2 Å². The average Bonchev–Trinajstić information content (AvgIpc) is 3.26. The fourth-order valence-corrected chi connectivity index (χ4v) is 3.71. The summed E-state index contributed by atoms with van der Waals surface area (Å²) < 4.78 is 11.1. The summed E-state index contributed by atoms with van der Waals surface area (Å²) in [4.78, 5) is 12.4.